The first-order chi connectivity index (χ1) is 10.6. The quantitative estimate of drug-likeness (QED) is 0.590. The summed E-state index contributed by atoms with van der Waals surface area (Å²) in [5.74, 6) is -0.389. The van der Waals surface area contributed by atoms with Crippen molar-refractivity contribution in [3.63, 3.8) is 0 Å². The number of hydrogen-bond acceptors (Lipinski definition) is 5. The number of thiophene rings is 1. The smallest absolute Gasteiger partial charge is 0.338 e. The van der Waals surface area contributed by atoms with Gasteiger partial charge in [-0.25, -0.2) is 4.79 Å². The van der Waals surface area contributed by atoms with Crippen LogP contribution in [0.15, 0.2) is 40.5 Å². The predicted octanol–water partition coefficient (Wildman–Crippen LogP) is 3.29. The number of nitrogens with zero attached hydrogens (tertiary/aromatic N) is 1. The van der Waals surface area contributed by atoms with Crippen molar-refractivity contribution in [1.29, 1.82) is 0 Å². The Morgan fingerprint density at radius 2 is 2.05 bits per heavy atom. The molecule has 0 radical (unpaired) electrons. The first kappa shape index (κ1) is 14.7. The number of rotatable bonds is 3. The van der Waals surface area contributed by atoms with E-state index in [4.69, 9.17) is 17.0 Å². The minimum absolute atomic E-state index is 0.169. The third kappa shape index (κ3) is 2.49. The average Bonchev–Trinajstić information content (AvgIpc) is 2.96. The highest BCUT2D eigenvalue weighted by atomic mass is 32.1. The maximum absolute atomic E-state index is 12.5. The molecule has 2 heterocycles. The van der Waals surface area contributed by atoms with Gasteiger partial charge in [-0.15, -0.1) is 11.3 Å². The summed E-state index contributed by atoms with van der Waals surface area (Å²) in [5.41, 5.74) is 1.61. The third-order valence-electron chi connectivity index (χ3n) is 3.14. The number of carbonyl (C=O) groups is 1. The molecule has 1 N–H and O–H groups in total. The third-order valence-corrected chi connectivity index (χ3v) is 4.33. The van der Waals surface area contributed by atoms with Gasteiger partial charge in [-0.3, -0.25) is 9.36 Å². The first-order valence-corrected chi connectivity index (χ1v) is 7.90. The molecule has 0 spiro atoms. The van der Waals surface area contributed by atoms with Crippen LogP contribution in [-0.4, -0.2) is 22.1 Å². The molecule has 0 fully saturated rings. The molecule has 0 amide bonds. The predicted molar refractivity (Wildman–Crippen MR) is 88.6 cm³/mol. The fourth-order valence-electron chi connectivity index (χ4n) is 2.13. The molecule has 3 aromatic rings. The van der Waals surface area contributed by atoms with Gasteiger partial charge in [0.1, 0.15) is 4.70 Å². The second-order valence-corrected chi connectivity index (χ2v) is 5.80. The zero-order valence-electron chi connectivity index (χ0n) is 11.7. The molecule has 0 saturated carbocycles. The fraction of sp³-hybridized carbons (Fsp3) is 0.133. The van der Waals surface area contributed by atoms with Crippen molar-refractivity contribution >= 4 is 39.7 Å². The Bertz CT molecular complexity index is 951. The van der Waals surface area contributed by atoms with Crippen molar-refractivity contribution in [1.82, 2.24) is 9.55 Å². The average molecular weight is 332 g/mol. The second kappa shape index (κ2) is 5.86. The van der Waals surface area contributed by atoms with Gasteiger partial charge in [-0.1, -0.05) is 0 Å². The van der Waals surface area contributed by atoms with Crippen molar-refractivity contribution in [3.8, 4) is 5.69 Å². The second-order valence-electron chi connectivity index (χ2n) is 4.50. The lowest BCUT2D eigenvalue weighted by atomic mass is 10.2. The molecule has 22 heavy (non-hydrogen) atoms. The molecule has 0 bridgehead atoms. The van der Waals surface area contributed by atoms with Gasteiger partial charge in [0.15, 0.2) is 4.77 Å². The Morgan fingerprint density at radius 3 is 2.73 bits per heavy atom. The van der Waals surface area contributed by atoms with E-state index in [1.54, 1.807) is 31.2 Å². The summed E-state index contributed by atoms with van der Waals surface area (Å²) in [6.45, 7) is 2.07. The van der Waals surface area contributed by atoms with Crippen LogP contribution in [0.3, 0.4) is 0 Å². The number of hydrogen-bond donors (Lipinski definition) is 1. The van der Waals surface area contributed by atoms with Crippen LogP contribution in [0, 0.1) is 4.77 Å². The lowest BCUT2D eigenvalue weighted by Gasteiger charge is -2.07. The van der Waals surface area contributed by atoms with Gasteiger partial charge in [0.2, 0.25) is 0 Å². The number of esters is 1. The van der Waals surface area contributed by atoms with Crippen LogP contribution in [0.1, 0.15) is 17.3 Å². The minimum atomic E-state index is -0.389. The van der Waals surface area contributed by atoms with Crippen LogP contribution in [0.2, 0.25) is 0 Å². The summed E-state index contributed by atoms with van der Waals surface area (Å²) in [6.07, 6.45) is 0. The summed E-state index contributed by atoms with van der Waals surface area (Å²) in [4.78, 5) is 27.2. The normalized spacial score (nSPS) is 10.8. The summed E-state index contributed by atoms with van der Waals surface area (Å²) in [7, 11) is 0. The molecule has 0 atom stereocenters. The van der Waals surface area contributed by atoms with Crippen molar-refractivity contribution in [2.24, 2.45) is 0 Å². The Balaban J connectivity index is 2.10. The van der Waals surface area contributed by atoms with Crippen LogP contribution in [-0.2, 0) is 4.74 Å². The van der Waals surface area contributed by atoms with E-state index in [1.807, 2.05) is 11.4 Å². The van der Waals surface area contributed by atoms with E-state index < -0.39 is 0 Å². The summed E-state index contributed by atoms with van der Waals surface area (Å²) in [6, 6.07) is 8.42. The number of fused-ring (bicyclic) bond motifs is 1. The highest BCUT2D eigenvalue weighted by molar-refractivity contribution is 7.71. The van der Waals surface area contributed by atoms with Crippen LogP contribution < -0.4 is 5.56 Å². The zero-order valence-corrected chi connectivity index (χ0v) is 13.3. The first-order valence-electron chi connectivity index (χ1n) is 6.62. The van der Waals surface area contributed by atoms with E-state index in [2.05, 4.69) is 4.98 Å². The Kier molecular flexibility index (Phi) is 3.91. The van der Waals surface area contributed by atoms with Gasteiger partial charge in [-0.2, -0.15) is 0 Å². The largest absolute Gasteiger partial charge is 0.462 e. The van der Waals surface area contributed by atoms with Crippen molar-refractivity contribution in [3.05, 3.63) is 56.4 Å². The van der Waals surface area contributed by atoms with Crippen LogP contribution in [0.4, 0.5) is 0 Å². The number of H-pyrrole nitrogens is 1. The Labute approximate surface area is 134 Å². The van der Waals surface area contributed by atoms with E-state index in [-0.39, 0.29) is 11.5 Å². The number of aromatic amines is 1. The number of nitrogens with one attached hydrogen (secondary N) is 1. The molecular formula is C15H12N2O3S2. The lowest BCUT2D eigenvalue weighted by molar-refractivity contribution is 0.0526. The van der Waals surface area contributed by atoms with Crippen molar-refractivity contribution < 1.29 is 9.53 Å². The molecule has 0 aliphatic rings. The van der Waals surface area contributed by atoms with Crippen molar-refractivity contribution in [2.75, 3.05) is 6.61 Å². The molecule has 3 rings (SSSR count). The van der Waals surface area contributed by atoms with Crippen LogP contribution >= 0.6 is 23.6 Å². The molecule has 112 valence electrons. The number of benzene rings is 1. The number of aromatic nitrogens is 2. The molecule has 0 unspecified atom stereocenters. The standard InChI is InChI=1S/C15H12N2O3S2/c1-2-20-14(19)9-3-5-10(6-4-9)17-13(18)12-11(7-8-22-12)16-15(17)21/h3-8H,2H2,1H3,(H,16,21). The lowest BCUT2D eigenvalue weighted by Crippen LogP contribution is -2.19. The van der Waals surface area contributed by atoms with Gasteiger partial charge in [-0.05, 0) is 54.9 Å². The summed E-state index contributed by atoms with van der Waals surface area (Å²) < 4.78 is 7.29. The molecule has 2 aromatic heterocycles. The van der Waals surface area contributed by atoms with E-state index in [0.29, 0.717) is 27.3 Å². The minimum Gasteiger partial charge on any atom is -0.462 e. The number of carbonyl (C=O) groups excluding carboxylic acids is 1. The van der Waals surface area contributed by atoms with Crippen LogP contribution in [0.25, 0.3) is 15.9 Å². The fourth-order valence-corrected chi connectivity index (χ4v) is 3.21. The van der Waals surface area contributed by atoms with Gasteiger partial charge >= 0.3 is 5.97 Å². The molecule has 0 saturated heterocycles. The molecule has 0 aliphatic carbocycles. The Morgan fingerprint density at radius 1 is 1.32 bits per heavy atom. The highest BCUT2D eigenvalue weighted by Gasteiger charge is 2.10. The van der Waals surface area contributed by atoms with E-state index in [1.165, 1.54) is 15.9 Å². The monoisotopic (exact) mass is 332 g/mol. The summed E-state index contributed by atoms with van der Waals surface area (Å²) in [5, 5.41) is 1.84. The van der Waals surface area contributed by atoms with E-state index in [9.17, 15) is 9.59 Å². The van der Waals surface area contributed by atoms with E-state index >= 15 is 0 Å². The zero-order chi connectivity index (χ0) is 15.7. The SMILES string of the molecule is CCOC(=O)c1ccc(-n2c(=S)[nH]c3ccsc3c2=O)cc1. The van der Waals surface area contributed by atoms with E-state index in [0.717, 1.165) is 5.52 Å². The van der Waals surface area contributed by atoms with Gasteiger partial charge in [0.25, 0.3) is 5.56 Å². The highest BCUT2D eigenvalue weighted by Crippen LogP contribution is 2.16. The molecule has 1 aromatic carbocycles. The van der Waals surface area contributed by atoms with Gasteiger partial charge < -0.3 is 9.72 Å². The Hall–Kier alpha value is -2.25. The molecule has 5 nitrogen and oxygen atoms in total. The maximum Gasteiger partial charge on any atom is 0.338 e. The van der Waals surface area contributed by atoms with Crippen LogP contribution in [0.5, 0.6) is 0 Å². The molecule has 7 heteroatoms. The number of ether oxygens (including phenoxy) is 1. The van der Waals surface area contributed by atoms with Gasteiger partial charge in [0.05, 0.1) is 23.4 Å². The van der Waals surface area contributed by atoms with Crippen molar-refractivity contribution in [2.45, 2.75) is 6.92 Å². The topological polar surface area (TPSA) is 64.1 Å². The molecule has 0 aliphatic heterocycles. The van der Waals surface area contributed by atoms with Gasteiger partial charge in [0, 0.05) is 0 Å². The maximum atomic E-state index is 12.5. The molecular weight excluding hydrogens is 320 g/mol. The summed E-state index contributed by atoms with van der Waals surface area (Å²) >= 11 is 6.62.